The number of para-hydroxylation sites is 1. The molecular formula is C28H25N9O. The van der Waals surface area contributed by atoms with Crippen LogP contribution in [-0.2, 0) is 6.54 Å². The van der Waals surface area contributed by atoms with Gasteiger partial charge in [0.05, 0.1) is 30.3 Å². The van der Waals surface area contributed by atoms with Crippen LogP contribution in [0.4, 0.5) is 11.6 Å². The van der Waals surface area contributed by atoms with Crippen molar-refractivity contribution in [3.8, 4) is 11.6 Å². The van der Waals surface area contributed by atoms with E-state index in [0.717, 1.165) is 54.1 Å². The first-order chi connectivity index (χ1) is 18.7. The van der Waals surface area contributed by atoms with E-state index in [1.807, 2.05) is 70.0 Å². The van der Waals surface area contributed by atoms with Crippen LogP contribution in [0.25, 0.3) is 27.9 Å². The summed E-state index contributed by atoms with van der Waals surface area (Å²) in [5.41, 5.74) is 4.43. The standard InChI is InChI=1S/C28H25N9O/c38-23-10-8-22(9-11-23)34-13-15-35(16-14-34)28-32-26-25(30-19-36(26)18-21-6-3-4-12-29-21)27(33-28)37-24-7-2-1-5-20(24)17-31-37/h1-12,17,19,38H,13-16,18H2. The lowest BCUT2D eigenvalue weighted by molar-refractivity contribution is 0.475. The van der Waals surface area contributed by atoms with Crippen molar-refractivity contribution in [2.24, 2.45) is 0 Å². The Balaban J connectivity index is 1.28. The Bertz CT molecular complexity index is 1720. The fourth-order valence-electron chi connectivity index (χ4n) is 4.96. The van der Waals surface area contributed by atoms with Gasteiger partial charge >= 0.3 is 0 Å². The number of hydrogen-bond donors (Lipinski definition) is 1. The molecule has 10 heteroatoms. The lowest BCUT2D eigenvalue weighted by Crippen LogP contribution is -2.47. The first kappa shape index (κ1) is 22.2. The first-order valence-corrected chi connectivity index (χ1v) is 12.6. The van der Waals surface area contributed by atoms with E-state index in [2.05, 4.69) is 19.9 Å². The molecule has 188 valence electrons. The van der Waals surface area contributed by atoms with Crippen LogP contribution < -0.4 is 9.80 Å². The van der Waals surface area contributed by atoms with Gasteiger partial charge in [0.2, 0.25) is 5.95 Å². The maximum Gasteiger partial charge on any atom is 0.229 e. The number of phenolic OH excluding ortho intramolecular Hbond substituents is 1. The predicted molar refractivity (Wildman–Crippen MR) is 146 cm³/mol. The number of aromatic hydroxyl groups is 1. The topological polar surface area (TPSA) is 101 Å². The van der Waals surface area contributed by atoms with Crippen LogP contribution in [0, 0.1) is 0 Å². The van der Waals surface area contributed by atoms with Crippen molar-refractivity contribution in [3.63, 3.8) is 0 Å². The number of phenols is 1. The number of fused-ring (bicyclic) bond motifs is 2. The van der Waals surface area contributed by atoms with Gasteiger partial charge in [-0.2, -0.15) is 15.1 Å². The zero-order valence-electron chi connectivity index (χ0n) is 20.6. The molecule has 1 N–H and O–H groups in total. The van der Waals surface area contributed by atoms with E-state index in [0.29, 0.717) is 23.8 Å². The smallest absolute Gasteiger partial charge is 0.229 e. The Morgan fingerprint density at radius 2 is 1.58 bits per heavy atom. The molecule has 1 aliphatic rings. The molecule has 6 aromatic rings. The third-order valence-corrected chi connectivity index (χ3v) is 6.95. The average Bonchev–Trinajstić information content (AvgIpc) is 3.58. The van der Waals surface area contributed by atoms with Crippen molar-refractivity contribution < 1.29 is 5.11 Å². The number of pyridine rings is 1. The zero-order chi connectivity index (χ0) is 25.5. The van der Waals surface area contributed by atoms with E-state index in [1.165, 1.54) is 0 Å². The summed E-state index contributed by atoms with van der Waals surface area (Å²) in [6.07, 6.45) is 5.45. The Kier molecular flexibility index (Phi) is 5.35. The summed E-state index contributed by atoms with van der Waals surface area (Å²) in [4.78, 5) is 23.8. The Labute approximate surface area is 218 Å². The predicted octanol–water partition coefficient (Wildman–Crippen LogP) is 3.64. The molecule has 0 saturated carbocycles. The summed E-state index contributed by atoms with van der Waals surface area (Å²) in [5.74, 6) is 1.59. The van der Waals surface area contributed by atoms with Crippen LogP contribution >= 0.6 is 0 Å². The van der Waals surface area contributed by atoms with Gasteiger partial charge < -0.3 is 19.5 Å². The average molecular weight is 504 g/mol. The molecule has 1 aliphatic heterocycles. The van der Waals surface area contributed by atoms with Crippen molar-refractivity contribution in [3.05, 3.63) is 91.1 Å². The van der Waals surface area contributed by atoms with E-state index in [9.17, 15) is 5.11 Å². The van der Waals surface area contributed by atoms with E-state index in [4.69, 9.17) is 15.0 Å². The third-order valence-electron chi connectivity index (χ3n) is 6.95. The highest BCUT2D eigenvalue weighted by molar-refractivity contribution is 5.85. The largest absolute Gasteiger partial charge is 0.508 e. The summed E-state index contributed by atoms with van der Waals surface area (Å²) in [7, 11) is 0. The molecule has 1 fully saturated rings. The summed E-state index contributed by atoms with van der Waals surface area (Å²) in [5, 5.41) is 15.3. The molecule has 0 aliphatic carbocycles. The lowest BCUT2D eigenvalue weighted by Gasteiger charge is -2.36. The lowest BCUT2D eigenvalue weighted by atomic mass is 10.2. The number of anilines is 2. The monoisotopic (exact) mass is 503 g/mol. The SMILES string of the molecule is Oc1ccc(N2CCN(c3nc(-n4ncc5ccccc54)c4ncn(Cc5ccccn5)c4n3)CC2)cc1. The quantitative estimate of drug-likeness (QED) is 0.381. The molecule has 2 aromatic carbocycles. The number of hydrogen-bond acceptors (Lipinski definition) is 8. The molecule has 0 spiro atoms. The molecule has 0 amide bonds. The fraction of sp³-hybridized carbons (Fsp3) is 0.179. The van der Waals surface area contributed by atoms with E-state index < -0.39 is 0 Å². The summed E-state index contributed by atoms with van der Waals surface area (Å²) < 4.78 is 3.87. The number of piperazine rings is 1. The van der Waals surface area contributed by atoms with Crippen LogP contribution in [0.2, 0.25) is 0 Å². The van der Waals surface area contributed by atoms with Crippen molar-refractivity contribution in [2.75, 3.05) is 36.0 Å². The van der Waals surface area contributed by atoms with Gasteiger partial charge in [-0.1, -0.05) is 24.3 Å². The second kappa shape index (κ2) is 9.15. The highest BCUT2D eigenvalue weighted by atomic mass is 16.3. The van der Waals surface area contributed by atoms with Crippen molar-refractivity contribution in [2.45, 2.75) is 6.54 Å². The van der Waals surface area contributed by atoms with Crippen molar-refractivity contribution >= 4 is 33.7 Å². The van der Waals surface area contributed by atoms with Crippen LogP contribution in [0.3, 0.4) is 0 Å². The second-order valence-corrected chi connectivity index (χ2v) is 9.32. The van der Waals surface area contributed by atoms with Gasteiger partial charge in [0, 0.05) is 43.4 Å². The van der Waals surface area contributed by atoms with E-state index in [-0.39, 0.29) is 5.75 Å². The number of nitrogens with zero attached hydrogens (tertiary/aromatic N) is 9. The minimum atomic E-state index is 0.273. The van der Waals surface area contributed by atoms with Crippen LogP contribution in [0.15, 0.2) is 85.5 Å². The van der Waals surface area contributed by atoms with Gasteiger partial charge in [0.15, 0.2) is 17.0 Å². The molecule has 1 saturated heterocycles. The summed E-state index contributed by atoms with van der Waals surface area (Å²) in [6.45, 7) is 3.72. The Morgan fingerprint density at radius 3 is 2.39 bits per heavy atom. The maximum absolute atomic E-state index is 9.64. The number of benzene rings is 2. The number of aromatic nitrogens is 7. The summed E-state index contributed by atoms with van der Waals surface area (Å²) in [6, 6.07) is 21.3. The molecule has 10 nitrogen and oxygen atoms in total. The highest BCUT2D eigenvalue weighted by Crippen LogP contribution is 2.27. The van der Waals surface area contributed by atoms with Gasteiger partial charge in [-0.05, 0) is 42.5 Å². The molecule has 0 atom stereocenters. The van der Waals surface area contributed by atoms with E-state index in [1.54, 1.807) is 24.7 Å². The zero-order valence-corrected chi connectivity index (χ0v) is 20.6. The minimum absolute atomic E-state index is 0.273. The number of rotatable bonds is 5. The third kappa shape index (κ3) is 3.96. The molecule has 38 heavy (non-hydrogen) atoms. The van der Waals surface area contributed by atoms with Gasteiger partial charge in [0.25, 0.3) is 0 Å². The molecule has 0 unspecified atom stereocenters. The fourth-order valence-corrected chi connectivity index (χ4v) is 4.96. The summed E-state index contributed by atoms with van der Waals surface area (Å²) >= 11 is 0. The Hall–Kier alpha value is -4.99. The molecule has 5 heterocycles. The van der Waals surface area contributed by atoms with Crippen molar-refractivity contribution in [1.29, 1.82) is 0 Å². The maximum atomic E-state index is 9.64. The molecule has 0 bridgehead atoms. The molecular weight excluding hydrogens is 478 g/mol. The first-order valence-electron chi connectivity index (χ1n) is 12.6. The molecule has 0 radical (unpaired) electrons. The number of imidazole rings is 1. The highest BCUT2D eigenvalue weighted by Gasteiger charge is 2.24. The van der Waals surface area contributed by atoms with Gasteiger partial charge in [-0.25, -0.2) is 9.67 Å². The van der Waals surface area contributed by atoms with Gasteiger partial charge in [-0.15, -0.1) is 0 Å². The van der Waals surface area contributed by atoms with Crippen molar-refractivity contribution in [1.82, 2.24) is 34.3 Å². The minimum Gasteiger partial charge on any atom is -0.508 e. The van der Waals surface area contributed by atoms with E-state index >= 15 is 0 Å². The Morgan fingerprint density at radius 1 is 0.789 bits per heavy atom. The van der Waals surface area contributed by atoms with Crippen LogP contribution in [-0.4, -0.2) is 65.6 Å². The molecule has 4 aromatic heterocycles. The molecule has 7 rings (SSSR count). The second-order valence-electron chi connectivity index (χ2n) is 9.32. The van der Waals surface area contributed by atoms with Crippen LogP contribution in [0.1, 0.15) is 5.69 Å². The van der Waals surface area contributed by atoms with Crippen LogP contribution in [0.5, 0.6) is 5.75 Å². The van der Waals surface area contributed by atoms with Gasteiger partial charge in [0.1, 0.15) is 5.75 Å². The van der Waals surface area contributed by atoms with Gasteiger partial charge in [-0.3, -0.25) is 4.98 Å². The normalized spacial score (nSPS) is 14.0.